The molecule has 1 heterocycles. The number of aromatic nitrogens is 1. The van der Waals surface area contributed by atoms with Crippen LogP contribution in [0.25, 0.3) is 0 Å². The second kappa shape index (κ2) is 5.56. The lowest BCUT2D eigenvalue weighted by Crippen LogP contribution is -2.33. The molecule has 1 aliphatic rings. The van der Waals surface area contributed by atoms with Crippen molar-refractivity contribution in [3.05, 3.63) is 23.0 Å². The molecule has 2 atom stereocenters. The van der Waals surface area contributed by atoms with Crippen molar-refractivity contribution in [3.8, 4) is 0 Å². The summed E-state index contributed by atoms with van der Waals surface area (Å²) in [6, 6.07) is 1.60. The molecule has 1 amide bonds. The van der Waals surface area contributed by atoms with E-state index >= 15 is 0 Å². The summed E-state index contributed by atoms with van der Waals surface area (Å²) in [5.74, 6) is 0.241. The summed E-state index contributed by atoms with van der Waals surface area (Å²) in [5, 5.41) is 12.9. The van der Waals surface area contributed by atoms with E-state index in [0.717, 1.165) is 25.7 Å². The molecule has 0 spiro atoms. The van der Waals surface area contributed by atoms with Crippen LogP contribution in [0.2, 0.25) is 5.02 Å². The number of carbonyl (C=O) groups is 1. The first-order valence-electron chi connectivity index (χ1n) is 5.95. The lowest BCUT2D eigenvalue weighted by Gasteiger charge is -2.25. The molecule has 1 aromatic rings. The summed E-state index contributed by atoms with van der Waals surface area (Å²) >= 11 is 5.73. The molecule has 94 valence electrons. The predicted octanol–water partition coefficient (Wildman–Crippen LogP) is 1.95. The average molecular weight is 257 g/mol. The van der Waals surface area contributed by atoms with Gasteiger partial charge in [-0.3, -0.25) is 4.79 Å². The Morgan fingerprint density at radius 3 is 3.06 bits per heavy atom. The molecule has 2 unspecified atom stereocenters. The van der Waals surface area contributed by atoms with Gasteiger partial charge in [0.2, 0.25) is 0 Å². The number of amides is 1. The SMILES string of the molecule is O=C(NCC1CCCC(O)C1)c1cc(Cl)c[nH]1. The summed E-state index contributed by atoms with van der Waals surface area (Å²) in [6.45, 7) is 0.618. The van der Waals surface area contributed by atoms with E-state index in [2.05, 4.69) is 10.3 Å². The highest BCUT2D eigenvalue weighted by Gasteiger charge is 2.20. The van der Waals surface area contributed by atoms with E-state index in [1.165, 1.54) is 0 Å². The predicted molar refractivity (Wildman–Crippen MR) is 66.1 cm³/mol. The number of aliphatic hydroxyl groups excluding tert-OH is 1. The molecule has 0 aliphatic heterocycles. The maximum absolute atomic E-state index is 11.7. The van der Waals surface area contributed by atoms with E-state index in [1.54, 1.807) is 12.3 Å². The Hall–Kier alpha value is -1.00. The van der Waals surface area contributed by atoms with Crippen LogP contribution in [0.1, 0.15) is 36.2 Å². The minimum Gasteiger partial charge on any atom is -0.393 e. The molecule has 17 heavy (non-hydrogen) atoms. The molecule has 0 saturated heterocycles. The van der Waals surface area contributed by atoms with Gasteiger partial charge in [0, 0.05) is 12.7 Å². The van der Waals surface area contributed by atoms with Gasteiger partial charge in [-0.05, 0) is 31.2 Å². The molecule has 3 N–H and O–H groups in total. The van der Waals surface area contributed by atoms with E-state index in [9.17, 15) is 9.90 Å². The lowest BCUT2D eigenvalue weighted by molar-refractivity contribution is 0.0870. The smallest absolute Gasteiger partial charge is 0.267 e. The van der Waals surface area contributed by atoms with Gasteiger partial charge in [-0.1, -0.05) is 18.0 Å². The molecule has 1 aromatic heterocycles. The summed E-state index contributed by atoms with van der Waals surface area (Å²) in [6.07, 6.45) is 5.16. The van der Waals surface area contributed by atoms with E-state index in [1.807, 2.05) is 0 Å². The number of hydrogen-bond acceptors (Lipinski definition) is 2. The molecule has 1 aliphatic carbocycles. The molecule has 0 radical (unpaired) electrons. The van der Waals surface area contributed by atoms with Crippen molar-refractivity contribution < 1.29 is 9.90 Å². The van der Waals surface area contributed by atoms with Crippen molar-refractivity contribution >= 4 is 17.5 Å². The fourth-order valence-electron chi connectivity index (χ4n) is 2.28. The number of nitrogens with one attached hydrogen (secondary N) is 2. The summed E-state index contributed by atoms with van der Waals surface area (Å²) in [4.78, 5) is 14.5. The highest BCUT2D eigenvalue weighted by molar-refractivity contribution is 6.30. The second-order valence-corrected chi connectivity index (χ2v) is 5.06. The largest absolute Gasteiger partial charge is 0.393 e. The summed E-state index contributed by atoms with van der Waals surface area (Å²) in [7, 11) is 0. The monoisotopic (exact) mass is 256 g/mol. The Labute approximate surface area is 105 Å². The Morgan fingerprint density at radius 1 is 1.59 bits per heavy atom. The van der Waals surface area contributed by atoms with Crippen molar-refractivity contribution in [1.29, 1.82) is 0 Å². The third kappa shape index (κ3) is 3.48. The lowest BCUT2D eigenvalue weighted by atomic mass is 9.87. The van der Waals surface area contributed by atoms with Crippen molar-refractivity contribution in [1.82, 2.24) is 10.3 Å². The van der Waals surface area contributed by atoms with Crippen LogP contribution in [-0.4, -0.2) is 28.6 Å². The Balaban J connectivity index is 1.80. The molecule has 5 heteroatoms. The number of aromatic amines is 1. The first kappa shape index (κ1) is 12.5. The maximum atomic E-state index is 11.7. The Bertz CT molecular complexity index is 392. The van der Waals surface area contributed by atoms with Crippen LogP contribution in [0, 0.1) is 5.92 Å². The third-order valence-electron chi connectivity index (χ3n) is 3.20. The fourth-order valence-corrected chi connectivity index (χ4v) is 2.44. The van der Waals surface area contributed by atoms with Gasteiger partial charge in [0.1, 0.15) is 5.69 Å². The van der Waals surface area contributed by atoms with Crippen LogP contribution in [0.4, 0.5) is 0 Å². The van der Waals surface area contributed by atoms with Crippen LogP contribution >= 0.6 is 11.6 Å². The summed E-state index contributed by atoms with van der Waals surface area (Å²) < 4.78 is 0. The van der Waals surface area contributed by atoms with Gasteiger partial charge in [0.15, 0.2) is 0 Å². The zero-order valence-corrected chi connectivity index (χ0v) is 10.3. The fraction of sp³-hybridized carbons (Fsp3) is 0.583. The van der Waals surface area contributed by atoms with Crippen molar-refractivity contribution in [2.24, 2.45) is 5.92 Å². The van der Waals surface area contributed by atoms with E-state index in [0.29, 0.717) is 23.2 Å². The van der Waals surface area contributed by atoms with E-state index in [4.69, 9.17) is 11.6 Å². The standard InChI is InChI=1S/C12H17ClN2O2/c13-9-5-11(14-7-9)12(17)15-6-8-2-1-3-10(16)4-8/h5,7-8,10,14,16H,1-4,6H2,(H,15,17). The van der Waals surface area contributed by atoms with Gasteiger partial charge in [0.25, 0.3) is 5.91 Å². The highest BCUT2D eigenvalue weighted by Crippen LogP contribution is 2.23. The number of rotatable bonds is 3. The molecule has 1 saturated carbocycles. The van der Waals surface area contributed by atoms with Gasteiger partial charge >= 0.3 is 0 Å². The molecule has 2 rings (SSSR count). The minimum absolute atomic E-state index is 0.142. The number of hydrogen-bond donors (Lipinski definition) is 3. The first-order valence-corrected chi connectivity index (χ1v) is 6.33. The van der Waals surface area contributed by atoms with Gasteiger partial charge in [-0.15, -0.1) is 0 Å². The number of aliphatic hydroxyl groups is 1. The summed E-state index contributed by atoms with van der Waals surface area (Å²) in [5.41, 5.74) is 0.478. The Morgan fingerprint density at radius 2 is 2.41 bits per heavy atom. The van der Waals surface area contributed by atoms with Crippen LogP contribution in [0.5, 0.6) is 0 Å². The Kier molecular flexibility index (Phi) is 4.07. The topological polar surface area (TPSA) is 65.1 Å². The van der Waals surface area contributed by atoms with Crippen LogP contribution in [0.15, 0.2) is 12.3 Å². The van der Waals surface area contributed by atoms with Crippen LogP contribution < -0.4 is 5.32 Å². The normalized spacial score (nSPS) is 24.6. The number of halogens is 1. The zero-order chi connectivity index (χ0) is 12.3. The van der Waals surface area contributed by atoms with Crippen LogP contribution in [0.3, 0.4) is 0 Å². The van der Waals surface area contributed by atoms with Crippen molar-refractivity contribution in [3.63, 3.8) is 0 Å². The van der Waals surface area contributed by atoms with Crippen molar-refractivity contribution in [2.75, 3.05) is 6.54 Å². The minimum atomic E-state index is -0.203. The first-order chi connectivity index (χ1) is 8.15. The number of carbonyl (C=O) groups excluding carboxylic acids is 1. The van der Waals surface area contributed by atoms with Gasteiger partial charge < -0.3 is 15.4 Å². The quantitative estimate of drug-likeness (QED) is 0.774. The molecule has 4 nitrogen and oxygen atoms in total. The van der Waals surface area contributed by atoms with Gasteiger partial charge in [-0.25, -0.2) is 0 Å². The van der Waals surface area contributed by atoms with E-state index in [-0.39, 0.29) is 12.0 Å². The van der Waals surface area contributed by atoms with Crippen LogP contribution in [-0.2, 0) is 0 Å². The van der Waals surface area contributed by atoms with E-state index < -0.39 is 0 Å². The van der Waals surface area contributed by atoms with Gasteiger partial charge in [0.05, 0.1) is 11.1 Å². The molecule has 1 fully saturated rings. The highest BCUT2D eigenvalue weighted by atomic mass is 35.5. The average Bonchev–Trinajstić information content (AvgIpc) is 2.73. The maximum Gasteiger partial charge on any atom is 0.267 e. The second-order valence-electron chi connectivity index (χ2n) is 4.63. The molecular weight excluding hydrogens is 240 g/mol. The molecule has 0 aromatic carbocycles. The van der Waals surface area contributed by atoms with Gasteiger partial charge in [-0.2, -0.15) is 0 Å². The third-order valence-corrected chi connectivity index (χ3v) is 3.42. The zero-order valence-electron chi connectivity index (χ0n) is 9.58. The molecule has 0 bridgehead atoms. The van der Waals surface area contributed by atoms with Crippen molar-refractivity contribution in [2.45, 2.75) is 31.8 Å². The molecular formula is C12H17ClN2O2. The number of H-pyrrole nitrogens is 1.